The van der Waals surface area contributed by atoms with Gasteiger partial charge in [-0.15, -0.1) is 10.2 Å². The molecule has 2 aliphatic rings. The van der Waals surface area contributed by atoms with E-state index in [2.05, 4.69) is 85.9 Å². The number of carbonyl (C=O) groups is 2. The smallest absolute Gasteiger partial charge is 0.222 e. The molecule has 0 spiro atoms. The molecule has 1 saturated heterocycles. The zero-order chi connectivity index (χ0) is 42.3. The third-order valence-electron chi connectivity index (χ3n) is 10.4. The molecular formula is C46H60N8O4S. The Bertz CT molecular complexity index is 2150. The summed E-state index contributed by atoms with van der Waals surface area (Å²) in [6.07, 6.45) is 6.62. The molecule has 2 aromatic heterocycles. The Hall–Kier alpha value is -5.27. The van der Waals surface area contributed by atoms with Crippen LogP contribution >= 0.6 is 11.9 Å². The van der Waals surface area contributed by atoms with Crippen molar-refractivity contribution in [3.8, 4) is 22.6 Å². The first kappa shape index (κ1) is 44.8. The van der Waals surface area contributed by atoms with Crippen LogP contribution in [0, 0.1) is 34.6 Å². The monoisotopic (exact) mass is 820 g/mol. The Labute approximate surface area is 354 Å². The van der Waals surface area contributed by atoms with Gasteiger partial charge in [0.15, 0.2) is 5.82 Å². The highest BCUT2D eigenvalue weighted by Crippen LogP contribution is 2.34. The van der Waals surface area contributed by atoms with Crippen molar-refractivity contribution in [2.75, 3.05) is 39.8 Å². The molecule has 4 heterocycles. The second kappa shape index (κ2) is 22.2. The highest BCUT2D eigenvalue weighted by atomic mass is 32.2. The van der Waals surface area contributed by atoms with E-state index in [-0.39, 0.29) is 5.91 Å². The van der Waals surface area contributed by atoms with Crippen molar-refractivity contribution in [3.63, 3.8) is 0 Å². The van der Waals surface area contributed by atoms with Gasteiger partial charge in [0.1, 0.15) is 23.9 Å². The van der Waals surface area contributed by atoms with Crippen molar-refractivity contribution in [2.45, 2.75) is 98.4 Å². The van der Waals surface area contributed by atoms with Crippen LogP contribution in [0.3, 0.4) is 0 Å². The largest absolute Gasteiger partial charge is 0.497 e. The first-order valence-corrected chi connectivity index (χ1v) is 21.6. The number of carbonyl (C=O) groups excluding carboxylic acids is 2. The average molecular weight is 821 g/mol. The predicted molar refractivity (Wildman–Crippen MR) is 236 cm³/mol. The number of aliphatic imine (C=N–C) groups is 1. The van der Waals surface area contributed by atoms with E-state index in [1.807, 2.05) is 57.7 Å². The number of ether oxygens (including phenoxy) is 1. The summed E-state index contributed by atoms with van der Waals surface area (Å²) in [5, 5.41) is 15.2. The summed E-state index contributed by atoms with van der Waals surface area (Å²) in [7, 11) is 1.68. The molecule has 13 heteroatoms. The van der Waals surface area contributed by atoms with Crippen molar-refractivity contribution in [1.82, 2.24) is 34.4 Å². The second-order valence-electron chi connectivity index (χ2n) is 14.6. The highest BCUT2D eigenvalue weighted by molar-refractivity contribution is 7.97. The molecule has 0 unspecified atom stereocenters. The summed E-state index contributed by atoms with van der Waals surface area (Å²) < 4.78 is 15.2. The lowest BCUT2D eigenvalue weighted by molar-refractivity contribution is -0.132. The SMILES string of the molecule is CC.COc1ccc2c(c1)C(c1ccc(C)cc1)=NCc1nnc(C)n1-2.Cc1ccc(-c2c(C)noc2C)cc1SN1CCN(C(=O)CCCCCCCNC=O)CC1. The summed E-state index contributed by atoms with van der Waals surface area (Å²) in [5.74, 6) is 3.63. The third-order valence-corrected chi connectivity index (χ3v) is 11.7. The maximum atomic E-state index is 12.6. The standard InChI is InChI=1S/C25H36N4O3S.C19H18N4O.C2H6/c1-19-10-11-22(25-20(2)27-32-21(25)3)17-23(19)33-29-15-13-28(14-16-29)24(31)9-7-5-4-6-8-12-26-18-30;1-12-4-6-14(7-5-12)19-16-10-15(24-3)8-9-17(16)23-13(2)21-22-18(23)11-20-19;1-2/h10-11,17-18H,4-9,12-16H2,1-3H3,(H,26,30);4-10H,11H2,1-3H3;1-2H3. The Morgan fingerprint density at radius 2 is 1.58 bits per heavy atom. The zero-order valence-corrected chi connectivity index (χ0v) is 36.8. The molecule has 59 heavy (non-hydrogen) atoms. The lowest BCUT2D eigenvalue weighted by Crippen LogP contribution is -2.46. The Morgan fingerprint density at radius 3 is 2.27 bits per heavy atom. The topological polar surface area (TPSA) is 131 Å². The van der Waals surface area contributed by atoms with Crippen LogP contribution < -0.4 is 10.1 Å². The van der Waals surface area contributed by atoms with E-state index in [0.717, 1.165) is 134 Å². The number of unbranched alkanes of at least 4 members (excludes halogenated alkanes) is 4. The Kier molecular flexibility index (Phi) is 16.9. The number of aryl methyl sites for hydroxylation is 5. The number of benzene rings is 3. The van der Waals surface area contributed by atoms with Gasteiger partial charge in [-0.2, -0.15) is 0 Å². The van der Waals surface area contributed by atoms with Gasteiger partial charge in [0, 0.05) is 60.7 Å². The van der Waals surface area contributed by atoms with Crippen molar-refractivity contribution in [1.29, 1.82) is 0 Å². The van der Waals surface area contributed by atoms with Gasteiger partial charge < -0.3 is 19.5 Å². The van der Waals surface area contributed by atoms with E-state index < -0.39 is 0 Å². The summed E-state index contributed by atoms with van der Waals surface area (Å²) >= 11 is 1.78. The first-order chi connectivity index (χ1) is 28.7. The fourth-order valence-corrected chi connectivity index (χ4v) is 8.23. The van der Waals surface area contributed by atoms with Gasteiger partial charge in [0.25, 0.3) is 0 Å². The van der Waals surface area contributed by atoms with E-state index in [0.29, 0.717) is 13.0 Å². The fraction of sp³-hybridized carbons (Fsp3) is 0.435. The van der Waals surface area contributed by atoms with Crippen LogP contribution in [-0.2, 0) is 16.1 Å². The molecule has 0 bridgehead atoms. The van der Waals surface area contributed by atoms with Gasteiger partial charge in [-0.3, -0.25) is 19.1 Å². The van der Waals surface area contributed by atoms with Gasteiger partial charge in [-0.25, -0.2) is 4.31 Å². The number of hydrogen-bond acceptors (Lipinski definition) is 10. The highest BCUT2D eigenvalue weighted by Gasteiger charge is 2.24. The van der Waals surface area contributed by atoms with Crippen LogP contribution in [-0.4, -0.2) is 87.0 Å². The van der Waals surface area contributed by atoms with Crippen molar-refractivity contribution in [3.05, 3.63) is 106 Å². The van der Waals surface area contributed by atoms with Gasteiger partial charge in [-0.1, -0.05) is 80.2 Å². The summed E-state index contributed by atoms with van der Waals surface area (Å²) in [6.45, 7) is 18.7. The molecule has 1 N–H and O–H groups in total. The number of fused-ring (bicyclic) bond motifs is 3. The minimum atomic E-state index is 0.277. The molecule has 1 fully saturated rings. The number of nitrogens with one attached hydrogen (secondary N) is 1. The number of methoxy groups -OCH3 is 1. The van der Waals surface area contributed by atoms with Crippen LogP contribution in [0.2, 0.25) is 0 Å². The van der Waals surface area contributed by atoms with E-state index in [9.17, 15) is 9.59 Å². The molecule has 0 atom stereocenters. The van der Waals surface area contributed by atoms with Crippen LogP contribution in [0.4, 0.5) is 0 Å². The number of piperazine rings is 1. The Balaban J connectivity index is 0.000000224. The fourth-order valence-electron chi connectivity index (χ4n) is 7.21. The van der Waals surface area contributed by atoms with Crippen LogP contribution in [0.1, 0.15) is 97.7 Å². The zero-order valence-electron chi connectivity index (χ0n) is 36.0. The minimum absolute atomic E-state index is 0.277. The van der Waals surface area contributed by atoms with Crippen LogP contribution in [0.15, 0.2) is 75.1 Å². The summed E-state index contributed by atoms with van der Waals surface area (Å²) in [5.41, 5.74) is 9.69. The lowest BCUT2D eigenvalue weighted by Gasteiger charge is -2.34. The lowest BCUT2D eigenvalue weighted by atomic mass is 9.99. The molecule has 314 valence electrons. The number of hydrogen-bond donors (Lipinski definition) is 1. The van der Waals surface area contributed by atoms with Crippen LogP contribution in [0.25, 0.3) is 16.8 Å². The molecule has 0 aliphatic carbocycles. The molecule has 12 nitrogen and oxygen atoms in total. The maximum Gasteiger partial charge on any atom is 0.222 e. The molecule has 2 amide bonds. The number of amides is 2. The average Bonchev–Trinajstić information content (AvgIpc) is 3.74. The van der Waals surface area contributed by atoms with E-state index >= 15 is 0 Å². The predicted octanol–water partition coefficient (Wildman–Crippen LogP) is 8.77. The minimum Gasteiger partial charge on any atom is -0.497 e. The number of rotatable bonds is 14. The Morgan fingerprint density at radius 1 is 0.864 bits per heavy atom. The molecular weight excluding hydrogens is 761 g/mol. The second-order valence-corrected chi connectivity index (χ2v) is 15.7. The molecule has 2 aliphatic heterocycles. The number of nitrogens with zero attached hydrogens (tertiary/aromatic N) is 7. The summed E-state index contributed by atoms with van der Waals surface area (Å²) in [6, 6.07) is 21.0. The van der Waals surface area contributed by atoms with Gasteiger partial charge >= 0.3 is 0 Å². The van der Waals surface area contributed by atoms with Crippen molar-refractivity contribution >= 4 is 30.0 Å². The van der Waals surface area contributed by atoms with E-state index in [4.69, 9.17) is 14.3 Å². The third kappa shape index (κ3) is 11.7. The number of aromatic nitrogens is 4. The molecule has 5 aromatic rings. The van der Waals surface area contributed by atoms with Crippen molar-refractivity contribution in [2.24, 2.45) is 4.99 Å². The molecule has 7 rings (SSSR count). The normalized spacial score (nSPS) is 13.4. The quantitative estimate of drug-likeness (QED) is 0.0664. The molecule has 0 saturated carbocycles. The van der Waals surface area contributed by atoms with Crippen molar-refractivity contribution < 1.29 is 18.8 Å². The van der Waals surface area contributed by atoms with Gasteiger partial charge in [0.2, 0.25) is 12.3 Å². The summed E-state index contributed by atoms with van der Waals surface area (Å²) in [4.78, 5) is 30.9. The first-order valence-electron chi connectivity index (χ1n) is 20.8. The molecule has 0 radical (unpaired) electrons. The van der Waals surface area contributed by atoms with E-state index in [1.165, 1.54) is 16.0 Å². The molecule has 3 aromatic carbocycles. The van der Waals surface area contributed by atoms with Gasteiger partial charge in [-0.05, 0) is 94.8 Å². The van der Waals surface area contributed by atoms with Gasteiger partial charge in [0.05, 0.1) is 24.2 Å². The maximum absolute atomic E-state index is 12.6. The van der Waals surface area contributed by atoms with E-state index in [1.54, 1.807) is 19.1 Å². The van der Waals surface area contributed by atoms with Crippen LogP contribution in [0.5, 0.6) is 5.75 Å².